The Balaban J connectivity index is 1.51. The summed E-state index contributed by atoms with van der Waals surface area (Å²) in [5.74, 6) is 1.11. The Kier molecular flexibility index (Phi) is 5.13. The zero-order chi connectivity index (χ0) is 16.9. The van der Waals surface area contributed by atoms with E-state index in [4.69, 9.17) is 0 Å². The predicted octanol–water partition coefficient (Wildman–Crippen LogP) is 1.84. The molecule has 1 N–H and O–H groups in total. The molecule has 1 saturated heterocycles. The van der Waals surface area contributed by atoms with E-state index < -0.39 is 0 Å². The number of carbonyl (C=O) groups is 1. The highest BCUT2D eigenvalue weighted by molar-refractivity contribution is 5.76. The van der Waals surface area contributed by atoms with E-state index in [0.717, 1.165) is 49.6 Å². The minimum absolute atomic E-state index is 0.111. The zero-order valence-electron chi connectivity index (χ0n) is 14.4. The van der Waals surface area contributed by atoms with Crippen LogP contribution in [0.3, 0.4) is 0 Å². The van der Waals surface area contributed by atoms with Crippen molar-refractivity contribution in [2.75, 3.05) is 18.0 Å². The molecule has 0 spiro atoms. The first kappa shape index (κ1) is 16.5. The van der Waals surface area contributed by atoms with Crippen LogP contribution in [0, 0.1) is 6.92 Å². The maximum absolute atomic E-state index is 12.2. The maximum Gasteiger partial charge on any atom is 0.220 e. The van der Waals surface area contributed by atoms with Crippen molar-refractivity contribution in [3.63, 3.8) is 0 Å². The van der Waals surface area contributed by atoms with Gasteiger partial charge in [-0.05, 0) is 44.4 Å². The lowest BCUT2D eigenvalue weighted by molar-refractivity contribution is -0.121. The van der Waals surface area contributed by atoms with Gasteiger partial charge in [-0.15, -0.1) is 0 Å². The summed E-state index contributed by atoms with van der Waals surface area (Å²) in [6.45, 7) is 3.83. The molecule has 128 valence electrons. The van der Waals surface area contributed by atoms with Crippen LogP contribution >= 0.6 is 0 Å². The first-order valence-corrected chi connectivity index (χ1v) is 8.56. The van der Waals surface area contributed by atoms with E-state index >= 15 is 0 Å². The van der Waals surface area contributed by atoms with Crippen molar-refractivity contribution in [2.45, 2.75) is 38.6 Å². The molecule has 0 saturated carbocycles. The third-order valence-corrected chi connectivity index (χ3v) is 4.51. The molecule has 3 rings (SSSR count). The van der Waals surface area contributed by atoms with Crippen molar-refractivity contribution in [2.24, 2.45) is 7.05 Å². The van der Waals surface area contributed by atoms with Crippen LogP contribution in [0.5, 0.6) is 0 Å². The Bertz CT molecular complexity index is 696. The molecule has 1 amide bonds. The molecule has 0 radical (unpaired) electrons. The molecule has 1 fully saturated rings. The molecule has 0 aromatic carbocycles. The van der Waals surface area contributed by atoms with Gasteiger partial charge < -0.3 is 10.2 Å². The van der Waals surface area contributed by atoms with Crippen molar-refractivity contribution in [1.29, 1.82) is 0 Å². The van der Waals surface area contributed by atoms with Gasteiger partial charge >= 0.3 is 0 Å². The van der Waals surface area contributed by atoms with Crippen LogP contribution in [0.25, 0.3) is 0 Å². The van der Waals surface area contributed by atoms with Gasteiger partial charge in [-0.2, -0.15) is 5.10 Å². The van der Waals surface area contributed by atoms with Crippen LogP contribution in [0.15, 0.2) is 30.5 Å². The lowest BCUT2D eigenvalue weighted by atomic mass is 10.1. The number of hydrogen-bond donors (Lipinski definition) is 1. The summed E-state index contributed by atoms with van der Waals surface area (Å²) < 4.78 is 1.82. The second-order valence-electron chi connectivity index (χ2n) is 6.44. The van der Waals surface area contributed by atoms with E-state index in [1.807, 2.05) is 42.9 Å². The van der Waals surface area contributed by atoms with Crippen LogP contribution in [0.2, 0.25) is 0 Å². The number of anilines is 1. The summed E-state index contributed by atoms with van der Waals surface area (Å²) in [4.78, 5) is 19.1. The van der Waals surface area contributed by atoms with Gasteiger partial charge in [0.15, 0.2) is 0 Å². The van der Waals surface area contributed by atoms with Crippen molar-refractivity contribution in [3.05, 3.63) is 41.9 Å². The molecule has 6 nitrogen and oxygen atoms in total. The van der Waals surface area contributed by atoms with Gasteiger partial charge in [0.2, 0.25) is 5.91 Å². The normalized spacial score (nSPS) is 17.8. The van der Waals surface area contributed by atoms with E-state index in [0.29, 0.717) is 6.42 Å². The topological polar surface area (TPSA) is 63.1 Å². The number of piperidine rings is 1. The average molecular weight is 327 g/mol. The fourth-order valence-electron chi connectivity index (χ4n) is 3.20. The highest BCUT2D eigenvalue weighted by Crippen LogP contribution is 2.18. The van der Waals surface area contributed by atoms with E-state index in [2.05, 4.69) is 20.3 Å². The Labute approximate surface area is 142 Å². The summed E-state index contributed by atoms with van der Waals surface area (Å²) in [6.07, 6.45) is 5.08. The van der Waals surface area contributed by atoms with Crippen LogP contribution in [-0.2, 0) is 18.3 Å². The van der Waals surface area contributed by atoms with Gasteiger partial charge in [0.25, 0.3) is 0 Å². The summed E-state index contributed by atoms with van der Waals surface area (Å²) >= 11 is 0. The molecule has 1 atom stereocenters. The number of aromatic nitrogens is 3. The minimum atomic E-state index is 0.111. The fraction of sp³-hybridized carbons (Fsp3) is 0.500. The summed E-state index contributed by atoms with van der Waals surface area (Å²) in [5, 5.41) is 7.31. The zero-order valence-corrected chi connectivity index (χ0v) is 14.4. The number of pyridine rings is 1. The Morgan fingerprint density at radius 2 is 2.25 bits per heavy atom. The third kappa shape index (κ3) is 4.13. The predicted molar refractivity (Wildman–Crippen MR) is 93.9 cm³/mol. The molecular formula is C18H25N5O. The summed E-state index contributed by atoms with van der Waals surface area (Å²) in [5.41, 5.74) is 2.11. The second-order valence-corrected chi connectivity index (χ2v) is 6.44. The quantitative estimate of drug-likeness (QED) is 0.910. The molecule has 2 aromatic heterocycles. The Morgan fingerprint density at radius 3 is 3.00 bits per heavy atom. The van der Waals surface area contributed by atoms with E-state index in [1.54, 1.807) is 6.20 Å². The highest BCUT2D eigenvalue weighted by atomic mass is 16.1. The smallest absolute Gasteiger partial charge is 0.220 e. The number of nitrogens with zero attached hydrogens (tertiary/aromatic N) is 4. The number of rotatable bonds is 5. The van der Waals surface area contributed by atoms with Crippen molar-refractivity contribution in [3.8, 4) is 0 Å². The highest BCUT2D eigenvalue weighted by Gasteiger charge is 2.22. The Hall–Kier alpha value is -2.37. The van der Waals surface area contributed by atoms with Crippen molar-refractivity contribution in [1.82, 2.24) is 20.1 Å². The van der Waals surface area contributed by atoms with Crippen LogP contribution in [0.4, 0.5) is 5.82 Å². The lowest BCUT2D eigenvalue weighted by Crippen LogP contribution is -2.48. The Morgan fingerprint density at radius 1 is 1.38 bits per heavy atom. The van der Waals surface area contributed by atoms with E-state index in [9.17, 15) is 4.79 Å². The maximum atomic E-state index is 12.2. The number of hydrogen-bond acceptors (Lipinski definition) is 4. The number of aryl methyl sites for hydroxylation is 3. The summed E-state index contributed by atoms with van der Waals surface area (Å²) in [6, 6.07) is 8.23. The van der Waals surface area contributed by atoms with Gasteiger partial charge in [0, 0.05) is 50.2 Å². The summed E-state index contributed by atoms with van der Waals surface area (Å²) in [7, 11) is 1.90. The van der Waals surface area contributed by atoms with Crippen LogP contribution in [-0.4, -0.2) is 39.8 Å². The number of nitrogens with one attached hydrogen (secondary N) is 1. The standard InChI is InChI=1S/C18H25N5O/c1-14-5-3-7-17(20-14)23-12-4-6-15(13-23)21-18(24)9-8-16-10-11-19-22(16)2/h3,5,7,10-11,15H,4,6,8-9,12-13H2,1-2H3,(H,21,24)/t15-/m1/s1. The lowest BCUT2D eigenvalue weighted by Gasteiger charge is -2.34. The molecule has 1 aliphatic rings. The first-order chi connectivity index (χ1) is 11.6. The van der Waals surface area contributed by atoms with Gasteiger partial charge in [0.1, 0.15) is 5.82 Å². The first-order valence-electron chi connectivity index (χ1n) is 8.56. The fourth-order valence-corrected chi connectivity index (χ4v) is 3.20. The SMILES string of the molecule is Cc1cccc(N2CCC[C@@H](NC(=O)CCc3ccnn3C)C2)n1. The second kappa shape index (κ2) is 7.47. The van der Waals surface area contributed by atoms with Gasteiger partial charge in [-0.1, -0.05) is 6.07 Å². The number of amides is 1. The minimum Gasteiger partial charge on any atom is -0.355 e. The molecule has 0 aliphatic carbocycles. The molecule has 1 aliphatic heterocycles. The molecular weight excluding hydrogens is 302 g/mol. The largest absolute Gasteiger partial charge is 0.355 e. The molecule has 24 heavy (non-hydrogen) atoms. The van der Waals surface area contributed by atoms with Crippen LogP contribution < -0.4 is 10.2 Å². The van der Waals surface area contributed by atoms with Crippen molar-refractivity contribution >= 4 is 11.7 Å². The van der Waals surface area contributed by atoms with E-state index in [-0.39, 0.29) is 11.9 Å². The monoisotopic (exact) mass is 327 g/mol. The van der Waals surface area contributed by atoms with E-state index in [1.165, 1.54) is 0 Å². The van der Waals surface area contributed by atoms with Gasteiger partial charge in [0.05, 0.1) is 0 Å². The van der Waals surface area contributed by atoms with Crippen LogP contribution in [0.1, 0.15) is 30.7 Å². The van der Waals surface area contributed by atoms with Crippen molar-refractivity contribution < 1.29 is 4.79 Å². The number of carbonyl (C=O) groups excluding carboxylic acids is 1. The molecule has 0 bridgehead atoms. The third-order valence-electron chi connectivity index (χ3n) is 4.51. The molecule has 3 heterocycles. The molecule has 2 aromatic rings. The van der Waals surface area contributed by atoms with Gasteiger partial charge in [-0.25, -0.2) is 4.98 Å². The average Bonchev–Trinajstić information content (AvgIpc) is 2.98. The molecule has 0 unspecified atom stereocenters. The van der Waals surface area contributed by atoms with Gasteiger partial charge in [-0.3, -0.25) is 9.48 Å². The molecule has 6 heteroatoms.